The topological polar surface area (TPSA) is 65.0 Å². The smallest absolute Gasteiger partial charge is 0.341 e. The lowest BCUT2D eigenvalue weighted by molar-refractivity contribution is 0.0142. The zero-order valence-electron chi connectivity index (χ0n) is 11.8. The summed E-state index contributed by atoms with van der Waals surface area (Å²) in [7, 11) is 0. The predicted molar refractivity (Wildman–Crippen MR) is 74.9 cm³/mol. The van der Waals surface area contributed by atoms with Crippen molar-refractivity contribution in [3.8, 4) is 5.75 Å². The number of carbonyl (C=O) groups is 1. The van der Waals surface area contributed by atoms with Gasteiger partial charge in [-0.1, -0.05) is 25.5 Å². The molecule has 20 heavy (non-hydrogen) atoms. The normalized spacial score (nSPS) is 10.4. The summed E-state index contributed by atoms with van der Waals surface area (Å²) in [6.45, 7) is 4.37. The molecule has 0 saturated carbocycles. The maximum atomic E-state index is 11.6. The van der Waals surface area contributed by atoms with E-state index in [9.17, 15) is 9.90 Å². The molecule has 0 aliphatic rings. The number of benzene rings is 1. The first-order chi connectivity index (χ1) is 9.75. The Bertz CT molecular complexity index is 392. The molecule has 0 radical (unpaired) electrons. The van der Waals surface area contributed by atoms with Crippen LogP contribution in [-0.2, 0) is 14.2 Å². The fraction of sp³-hybridized carbons (Fsp3) is 0.533. The van der Waals surface area contributed by atoms with Gasteiger partial charge in [0.1, 0.15) is 17.9 Å². The highest BCUT2D eigenvalue weighted by Gasteiger charge is 2.10. The first-order valence-corrected chi connectivity index (χ1v) is 6.86. The number of aromatic hydroxyl groups is 1. The van der Waals surface area contributed by atoms with Crippen LogP contribution in [0, 0.1) is 0 Å². The monoisotopic (exact) mass is 282 g/mol. The number of hydrogen-bond donors (Lipinski definition) is 1. The van der Waals surface area contributed by atoms with E-state index in [-0.39, 0.29) is 17.9 Å². The molecular formula is C15H22O5. The third kappa shape index (κ3) is 6.54. The standard InChI is InChI=1S/C15H22O5/c1-2-3-8-18-9-10-19-11-12-20-15(17)13-6-4-5-7-14(13)16/h4-7,16H,2-3,8-12H2,1H3. The average Bonchev–Trinajstić information content (AvgIpc) is 2.46. The lowest BCUT2D eigenvalue weighted by atomic mass is 10.2. The molecule has 0 heterocycles. The van der Waals surface area contributed by atoms with Crippen LogP contribution in [0.5, 0.6) is 5.75 Å². The highest BCUT2D eigenvalue weighted by Crippen LogP contribution is 2.16. The molecule has 1 N–H and O–H groups in total. The van der Waals surface area contributed by atoms with Gasteiger partial charge in [0.15, 0.2) is 0 Å². The minimum absolute atomic E-state index is 0.0808. The second-order valence-corrected chi connectivity index (χ2v) is 4.23. The van der Waals surface area contributed by atoms with Gasteiger partial charge in [0.05, 0.1) is 19.8 Å². The molecule has 0 atom stereocenters. The largest absolute Gasteiger partial charge is 0.507 e. The zero-order chi connectivity index (χ0) is 14.6. The highest BCUT2D eigenvalue weighted by molar-refractivity contribution is 5.92. The van der Waals surface area contributed by atoms with Crippen LogP contribution in [0.2, 0.25) is 0 Å². The Morgan fingerprint density at radius 2 is 1.70 bits per heavy atom. The maximum absolute atomic E-state index is 11.6. The van der Waals surface area contributed by atoms with Crippen LogP contribution in [0.4, 0.5) is 0 Å². The second-order valence-electron chi connectivity index (χ2n) is 4.23. The molecule has 0 fully saturated rings. The summed E-state index contributed by atoms with van der Waals surface area (Å²) in [4.78, 5) is 11.6. The minimum atomic E-state index is -0.550. The van der Waals surface area contributed by atoms with Crippen molar-refractivity contribution in [2.24, 2.45) is 0 Å². The molecule has 0 spiro atoms. The number of unbranched alkanes of at least 4 members (excludes halogenated alkanes) is 1. The van der Waals surface area contributed by atoms with Crippen molar-refractivity contribution in [2.75, 3.05) is 33.0 Å². The van der Waals surface area contributed by atoms with E-state index in [1.165, 1.54) is 12.1 Å². The van der Waals surface area contributed by atoms with Gasteiger partial charge in [-0.25, -0.2) is 4.79 Å². The van der Waals surface area contributed by atoms with Gasteiger partial charge in [-0.2, -0.15) is 0 Å². The fourth-order valence-electron chi connectivity index (χ4n) is 1.49. The summed E-state index contributed by atoms with van der Waals surface area (Å²) < 4.78 is 15.6. The predicted octanol–water partition coefficient (Wildman–Crippen LogP) is 2.38. The minimum Gasteiger partial charge on any atom is -0.507 e. The summed E-state index contributed by atoms with van der Waals surface area (Å²) in [6.07, 6.45) is 2.17. The van der Waals surface area contributed by atoms with Crippen molar-refractivity contribution in [1.29, 1.82) is 0 Å². The molecule has 0 bridgehead atoms. The van der Waals surface area contributed by atoms with Gasteiger partial charge in [0, 0.05) is 6.61 Å². The number of rotatable bonds is 10. The summed E-state index contributed by atoms with van der Waals surface area (Å²) in [5.74, 6) is -0.631. The van der Waals surface area contributed by atoms with E-state index < -0.39 is 5.97 Å². The van der Waals surface area contributed by atoms with Crippen LogP contribution in [0.15, 0.2) is 24.3 Å². The number of hydrogen-bond acceptors (Lipinski definition) is 5. The van der Waals surface area contributed by atoms with Crippen LogP contribution < -0.4 is 0 Å². The molecule has 0 saturated heterocycles. The molecular weight excluding hydrogens is 260 g/mol. The van der Waals surface area contributed by atoms with Crippen molar-refractivity contribution in [2.45, 2.75) is 19.8 Å². The van der Waals surface area contributed by atoms with Crippen molar-refractivity contribution >= 4 is 5.97 Å². The van der Waals surface area contributed by atoms with E-state index >= 15 is 0 Å². The van der Waals surface area contributed by atoms with Gasteiger partial charge in [0.2, 0.25) is 0 Å². The van der Waals surface area contributed by atoms with Crippen molar-refractivity contribution in [1.82, 2.24) is 0 Å². The van der Waals surface area contributed by atoms with E-state index in [1.807, 2.05) is 0 Å². The Hall–Kier alpha value is -1.59. The molecule has 112 valence electrons. The second kappa shape index (κ2) is 10.2. The van der Waals surface area contributed by atoms with E-state index in [4.69, 9.17) is 14.2 Å². The molecule has 0 amide bonds. The molecule has 1 aromatic carbocycles. The molecule has 1 aromatic rings. The van der Waals surface area contributed by atoms with Crippen molar-refractivity contribution in [3.63, 3.8) is 0 Å². The Morgan fingerprint density at radius 3 is 2.40 bits per heavy atom. The van der Waals surface area contributed by atoms with Crippen LogP contribution >= 0.6 is 0 Å². The summed E-state index contributed by atoms with van der Waals surface area (Å²) >= 11 is 0. The Balaban J connectivity index is 2.04. The fourth-order valence-corrected chi connectivity index (χ4v) is 1.49. The molecule has 0 aromatic heterocycles. The first-order valence-electron chi connectivity index (χ1n) is 6.86. The average molecular weight is 282 g/mol. The molecule has 0 aliphatic carbocycles. The van der Waals surface area contributed by atoms with Gasteiger partial charge >= 0.3 is 5.97 Å². The van der Waals surface area contributed by atoms with Gasteiger partial charge in [0.25, 0.3) is 0 Å². The van der Waals surface area contributed by atoms with Gasteiger partial charge in [-0.05, 0) is 18.6 Å². The molecule has 5 heteroatoms. The Morgan fingerprint density at radius 1 is 1.05 bits per heavy atom. The SMILES string of the molecule is CCCCOCCOCCOC(=O)c1ccccc1O. The summed E-state index contributed by atoms with van der Waals surface area (Å²) in [5.41, 5.74) is 0.162. The molecule has 1 rings (SSSR count). The van der Waals surface area contributed by atoms with Crippen LogP contribution in [-0.4, -0.2) is 44.1 Å². The summed E-state index contributed by atoms with van der Waals surface area (Å²) in [5, 5.41) is 9.48. The highest BCUT2D eigenvalue weighted by atomic mass is 16.6. The van der Waals surface area contributed by atoms with Crippen LogP contribution in [0.1, 0.15) is 30.1 Å². The van der Waals surface area contributed by atoms with Gasteiger partial charge in [-0.15, -0.1) is 0 Å². The molecule has 0 aliphatic heterocycles. The molecule has 5 nitrogen and oxygen atoms in total. The van der Waals surface area contributed by atoms with E-state index in [1.54, 1.807) is 12.1 Å². The van der Waals surface area contributed by atoms with Crippen LogP contribution in [0.3, 0.4) is 0 Å². The number of esters is 1. The van der Waals surface area contributed by atoms with Crippen molar-refractivity contribution in [3.05, 3.63) is 29.8 Å². The number of carbonyl (C=O) groups excluding carboxylic acids is 1. The third-order valence-electron chi connectivity index (χ3n) is 2.60. The van der Waals surface area contributed by atoms with Crippen LogP contribution in [0.25, 0.3) is 0 Å². The zero-order valence-corrected chi connectivity index (χ0v) is 11.8. The lowest BCUT2D eigenvalue weighted by Gasteiger charge is -2.07. The molecule has 0 unspecified atom stereocenters. The Kier molecular flexibility index (Phi) is 8.42. The van der Waals surface area contributed by atoms with Gasteiger partial charge < -0.3 is 19.3 Å². The lowest BCUT2D eigenvalue weighted by Crippen LogP contribution is -2.13. The number of ether oxygens (including phenoxy) is 3. The van der Waals surface area contributed by atoms with E-state index in [0.717, 1.165) is 19.4 Å². The quantitative estimate of drug-likeness (QED) is 0.527. The maximum Gasteiger partial charge on any atom is 0.341 e. The summed E-state index contributed by atoms with van der Waals surface area (Å²) in [6, 6.07) is 6.27. The van der Waals surface area contributed by atoms with Crippen molar-refractivity contribution < 1.29 is 24.1 Å². The number of phenols is 1. The van der Waals surface area contributed by atoms with Gasteiger partial charge in [-0.3, -0.25) is 0 Å². The first kappa shape index (κ1) is 16.5. The Labute approximate surface area is 119 Å². The van der Waals surface area contributed by atoms with E-state index in [0.29, 0.717) is 19.8 Å². The number of phenolic OH excluding ortho intramolecular Hbond substituents is 1. The number of para-hydroxylation sites is 1. The third-order valence-corrected chi connectivity index (χ3v) is 2.60. The van der Waals surface area contributed by atoms with E-state index in [2.05, 4.69) is 6.92 Å².